The lowest BCUT2D eigenvalue weighted by Gasteiger charge is -2.04. The van der Waals surface area contributed by atoms with Gasteiger partial charge in [0.1, 0.15) is 0 Å². The highest BCUT2D eigenvalue weighted by Crippen LogP contribution is 2.13. The van der Waals surface area contributed by atoms with Crippen molar-refractivity contribution >= 4 is 22.9 Å². The van der Waals surface area contributed by atoms with E-state index in [9.17, 15) is 0 Å². The molecule has 0 saturated carbocycles. The van der Waals surface area contributed by atoms with E-state index in [1.165, 1.54) is 0 Å². The normalized spacial score (nSPS) is 10.9. The summed E-state index contributed by atoms with van der Waals surface area (Å²) in [5.74, 6) is 0.502. The van der Waals surface area contributed by atoms with Crippen molar-refractivity contribution in [1.29, 1.82) is 0 Å². The van der Waals surface area contributed by atoms with Gasteiger partial charge in [0.15, 0.2) is 0 Å². The van der Waals surface area contributed by atoms with Gasteiger partial charge in [-0.3, -0.25) is 0 Å². The first-order valence-electron chi connectivity index (χ1n) is 6.01. The minimum absolute atomic E-state index is 0.502. The molecule has 0 aromatic carbocycles. The van der Waals surface area contributed by atoms with Gasteiger partial charge in [0, 0.05) is 25.0 Å². The summed E-state index contributed by atoms with van der Waals surface area (Å²) < 4.78 is 10.8. The van der Waals surface area contributed by atoms with Gasteiger partial charge < -0.3 is 9.47 Å². The van der Waals surface area contributed by atoms with Crippen LogP contribution in [0.3, 0.4) is 0 Å². The van der Waals surface area contributed by atoms with Crippen LogP contribution in [0.4, 0.5) is 0 Å². The summed E-state index contributed by atoms with van der Waals surface area (Å²) in [5.41, 5.74) is 0.973. The first kappa shape index (κ1) is 14.9. The lowest BCUT2D eigenvalue weighted by molar-refractivity contribution is 0.0472. The summed E-state index contributed by atoms with van der Waals surface area (Å²) in [6.45, 7) is 5.07. The third-order valence-electron chi connectivity index (χ3n) is 2.14. The maximum Gasteiger partial charge on any atom is 0.0929 e. The van der Waals surface area contributed by atoms with Crippen LogP contribution >= 0.6 is 22.9 Å². The van der Waals surface area contributed by atoms with Crippen LogP contribution in [-0.2, 0) is 21.8 Å². The fourth-order valence-corrected chi connectivity index (χ4v) is 2.39. The van der Waals surface area contributed by atoms with E-state index >= 15 is 0 Å². The Morgan fingerprint density at radius 2 is 2.00 bits per heavy atom. The zero-order valence-electron chi connectivity index (χ0n) is 10.3. The van der Waals surface area contributed by atoms with Crippen molar-refractivity contribution in [2.75, 3.05) is 26.4 Å². The van der Waals surface area contributed by atoms with Crippen LogP contribution in [0.5, 0.6) is 0 Å². The number of rotatable bonds is 10. The highest BCUT2D eigenvalue weighted by atomic mass is 35.5. The molecule has 0 aliphatic rings. The maximum atomic E-state index is 5.69. The SMILES string of the molecule is CCCOCCOCCCc1nc(CCl)cs1. The summed E-state index contributed by atoms with van der Waals surface area (Å²) in [6, 6.07) is 0. The molecule has 1 aromatic heterocycles. The van der Waals surface area contributed by atoms with Crippen molar-refractivity contribution in [3.05, 3.63) is 16.1 Å². The molecule has 0 amide bonds. The first-order chi connectivity index (χ1) is 8.36. The predicted molar refractivity (Wildman–Crippen MR) is 71.9 cm³/mol. The number of thiazole rings is 1. The summed E-state index contributed by atoms with van der Waals surface area (Å²) in [4.78, 5) is 4.39. The van der Waals surface area contributed by atoms with E-state index in [4.69, 9.17) is 21.1 Å². The molecule has 0 spiro atoms. The Bertz CT molecular complexity index is 294. The second-order valence-corrected chi connectivity index (χ2v) is 4.90. The van der Waals surface area contributed by atoms with E-state index in [2.05, 4.69) is 11.9 Å². The third kappa shape index (κ3) is 6.99. The number of hydrogen-bond acceptors (Lipinski definition) is 4. The Kier molecular flexibility index (Phi) is 8.61. The smallest absolute Gasteiger partial charge is 0.0929 e. The Labute approximate surface area is 112 Å². The van der Waals surface area contributed by atoms with Crippen LogP contribution < -0.4 is 0 Å². The van der Waals surface area contributed by atoms with Crippen LogP contribution in [0.15, 0.2) is 5.38 Å². The molecule has 1 rings (SSSR count). The number of aryl methyl sites for hydroxylation is 1. The number of hydrogen-bond donors (Lipinski definition) is 0. The molecule has 3 nitrogen and oxygen atoms in total. The van der Waals surface area contributed by atoms with Gasteiger partial charge in [-0.15, -0.1) is 22.9 Å². The summed E-state index contributed by atoms with van der Waals surface area (Å²) >= 11 is 7.36. The monoisotopic (exact) mass is 277 g/mol. The van der Waals surface area contributed by atoms with Gasteiger partial charge in [0.2, 0.25) is 0 Å². The minimum Gasteiger partial charge on any atom is -0.379 e. The van der Waals surface area contributed by atoms with Gasteiger partial charge in [-0.05, 0) is 12.8 Å². The molecular weight excluding hydrogens is 258 g/mol. The van der Waals surface area contributed by atoms with Crippen molar-refractivity contribution in [3.8, 4) is 0 Å². The molecule has 0 aliphatic carbocycles. The van der Waals surface area contributed by atoms with Gasteiger partial charge in [0.05, 0.1) is 29.8 Å². The molecule has 98 valence electrons. The molecular formula is C12H20ClNO2S. The van der Waals surface area contributed by atoms with Gasteiger partial charge in [0.25, 0.3) is 0 Å². The first-order valence-corrected chi connectivity index (χ1v) is 7.43. The average molecular weight is 278 g/mol. The van der Waals surface area contributed by atoms with Crippen LogP contribution in [0.2, 0.25) is 0 Å². The molecule has 1 heterocycles. The molecule has 5 heteroatoms. The van der Waals surface area contributed by atoms with Crippen molar-refractivity contribution in [1.82, 2.24) is 4.98 Å². The van der Waals surface area contributed by atoms with Gasteiger partial charge in [-0.25, -0.2) is 4.98 Å². The highest BCUT2D eigenvalue weighted by molar-refractivity contribution is 7.09. The lowest BCUT2D eigenvalue weighted by atomic mass is 10.3. The molecule has 0 atom stereocenters. The molecule has 17 heavy (non-hydrogen) atoms. The zero-order valence-corrected chi connectivity index (χ0v) is 11.9. The van der Waals surface area contributed by atoms with Gasteiger partial charge >= 0.3 is 0 Å². The Balaban J connectivity index is 1.93. The van der Waals surface area contributed by atoms with Gasteiger partial charge in [-0.1, -0.05) is 6.92 Å². The van der Waals surface area contributed by atoms with Crippen LogP contribution in [-0.4, -0.2) is 31.4 Å². The van der Waals surface area contributed by atoms with Crippen LogP contribution in [0.1, 0.15) is 30.5 Å². The molecule has 0 N–H and O–H groups in total. The second kappa shape index (κ2) is 9.83. The third-order valence-corrected chi connectivity index (χ3v) is 3.37. The van der Waals surface area contributed by atoms with E-state index in [0.29, 0.717) is 19.1 Å². The quantitative estimate of drug-likeness (QED) is 0.486. The fourth-order valence-electron chi connectivity index (χ4n) is 1.32. The van der Waals surface area contributed by atoms with Crippen LogP contribution in [0, 0.1) is 0 Å². The average Bonchev–Trinajstić information content (AvgIpc) is 2.80. The molecule has 0 saturated heterocycles. The summed E-state index contributed by atoms with van der Waals surface area (Å²) in [6.07, 6.45) is 3.04. The molecule has 1 aromatic rings. The predicted octanol–water partition coefficient (Wildman–Crippen LogP) is 3.26. The second-order valence-electron chi connectivity index (χ2n) is 3.69. The molecule has 0 aliphatic heterocycles. The van der Waals surface area contributed by atoms with Gasteiger partial charge in [-0.2, -0.15) is 0 Å². The summed E-state index contributed by atoms with van der Waals surface area (Å²) in [5, 5.41) is 3.16. The van der Waals surface area contributed by atoms with Crippen molar-refractivity contribution in [2.24, 2.45) is 0 Å². The number of ether oxygens (including phenoxy) is 2. The largest absolute Gasteiger partial charge is 0.379 e. The van der Waals surface area contributed by atoms with E-state index < -0.39 is 0 Å². The molecule has 0 fully saturated rings. The fraction of sp³-hybridized carbons (Fsp3) is 0.750. The van der Waals surface area contributed by atoms with E-state index in [0.717, 1.165) is 43.2 Å². The number of nitrogens with zero attached hydrogens (tertiary/aromatic N) is 1. The Hall–Kier alpha value is -0.160. The molecule has 0 bridgehead atoms. The highest BCUT2D eigenvalue weighted by Gasteiger charge is 2.00. The topological polar surface area (TPSA) is 31.4 Å². The van der Waals surface area contributed by atoms with Crippen LogP contribution in [0.25, 0.3) is 0 Å². The standard InChI is InChI=1S/C12H20ClNO2S/c1-2-5-15-7-8-16-6-3-4-12-14-11(9-13)10-17-12/h10H,2-9H2,1H3. The lowest BCUT2D eigenvalue weighted by Crippen LogP contribution is -2.06. The van der Waals surface area contributed by atoms with E-state index in [-0.39, 0.29) is 0 Å². The van der Waals surface area contributed by atoms with E-state index in [1.54, 1.807) is 11.3 Å². The Morgan fingerprint density at radius 1 is 1.24 bits per heavy atom. The maximum absolute atomic E-state index is 5.69. The van der Waals surface area contributed by atoms with Crippen molar-refractivity contribution in [2.45, 2.75) is 32.1 Å². The molecule has 0 radical (unpaired) electrons. The summed E-state index contributed by atoms with van der Waals surface area (Å²) in [7, 11) is 0. The van der Waals surface area contributed by atoms with Crippen molar-refractivity contribution in [3.63, 3.8) is 0 Å². The Morgan fingerprint density at radius 3 is 2.65 bits per heavy atom. The number of aromatic nitrogens is 1. The number of halogens is 1. The number of alkyl halides is 1. The molecule has 0 unspecified atom stereocenters. The van der Waals surface area contributed by atoms with E-state index in [1.807, 2.05) is 5.38 Å². The zero-order chi connectivity index (χ0) is 12.3. The minimum atomic E-state index is 0.502. The van der Waals surface area contributed by atoms with Crippen molar-refractivity contribution < 1.29 is 9.47 Å².